The summed E-state index contributed by atoms with van der Waals surface area (Å²) in [5.74, 6) is 0.264. The Morgan fingerprint density at radius 3 is 2.93 bits per heavy atom. The molecule has 4 nitrogen and oxygen atoms in total. The predicted octanol–water partition coefficient (Wildman–Crippen LogP) is 1.80. The van der Waals surface area contributed by atoms with Gasteiger partial charge in [0.1, 0.15) is 0 Å². The molecule has 2 N–H and O–H groups in total. The third kappa shape index (κ3) is 1.31. The Balaban J connectivity index is 2.53. The Hall–Kier alpha value is -2.28. The van der Waals surface area contributed by atoms with Crippen molar-refractivity contribution in [3.05, 3.63) is 36.0 Å². The Labute approximate surface area is 80.6 Å². The van der Waals surface area contributed by atoms with Gasteiger partial charge in [0.25, 0.3) is 0 Å². The number of anilines is 1. The van der Waals surface area contributed by atoms with Gasteiger partial charge in [-0.15, -0.1) is 0 Å². The van der Waals surface area contributed by atoms with Gasteiger partial charge in [-0.3, -0.25) is 0 Å². The van der Waals surface area contributed by atoms with E-state index >= 15 is 0 Å². The van der Waals surface area contributed by atoms with E-state index in [0.717, 1.165) is 5.56 Å². The molecule has 2 rings (SSSR count). The molecule has 1 heterocycles. The first-order chi connectivity index (χ1) is 6.81. The molecule has 0 radical (unpaired) electrons. The van der Waals surface area contributed by atoms with Crippen LogP contribution in [0.15, 0.2) is 35.0 Å². The number of aromatic nitrogens is 1. The van der Waals surface area contributed by atoms with Gasteiger partial charge < -0.3 is 10.3 Å². The molecule has 0 aliphatic carbocycles. The van der Waals surface area contributed by atoms with Gasteiger partial charge in [-0.25, -0.2) is 0 Å². The van der Waals surface area contributed by atoms with Crippen LogP contribution in [0.4, 0.5) is 5.88 Å². The lowest BCUT2D eigenvalue weighted by Crippen LogP contribution is -1.85. The summed E-state index contributed by atoms with van der Waals surface area (Å²) < 4.78 is 4.74. The molecule has 2 aromatic rings. The third-order valence-electron chi connectivity index (χ3n) is 1.90. The molecule has 0 fully saturated rings. The Morgan fingerprint density at radius 1 is 1.43 bits per heavy atom. The lowest BCUT2D eigenvalue weighted by atomic mass is 10.1. The summed E-state index contributed by atoms with van der Waals surface area (Å²) in [6, 6.07) is 9.17. The number of nitrogens with zero attached hydrogens (tertiary/aromatic N) is 2. The van der Waals surface area contributed by atoms with Crippen molar-refractivity contribution >= 4 is 5.88 Å². The van der Waals surface area contributed by atoms with Crippen molar-refractivity contribution in [1.82, 2.24) is 5.16 Å². The van der Waals surface area contributed by atoms with Crippen LogP contribution in [-0.2, 0) is 0 Å². The van der Waals surface area contributed by atoms with Crippen LogP contribution in [0.2, 0.25) is 0 Å². The van der Waals surface area contributed by atoms with Gasteiger partial charge in [0, 0.05) is 0 Å². The zero-order chi connectivity index (χ0) is 9.97. The maximum Gasteiger partial charge on any atom is 0.229 e. The Morgan fingerprint density at radius 2 is 2.29 bits per heavy atom. The van der Waals surface area contributed by atoms with Crippen molar-refractivity contribution in [2.24, 2.45) is 0 Å². The van der Waals surface area contributed by atoms with Crippen molar-refractivity contribution in [3.8, 4) is 17.2 Å². The molecule has 0 atom stereocenters. The quantitative estimate of drug-likeness (QED) is 0.734. The van der Waals surface area contributed by atoms with Gasteiger partial charge in [0.2, 0.25) is 5.88 Å². The topological polar surface area (TPSA) is 75.8 Å². The molecule has 14 heavy (non-hydrogen) atoms. The molecule has 0 aliphatic heterocycles. The number of hydrogen-bond acceptors (Lipinski definition) is 4. The second kappa shape index (κ2) is 3.23. The molecule has 1 aromatic carbocycles. The van der Waals surface area contributed by atoms with Crippen LogP contribution >= 0.6 is 0 Å². The highest BCUT2D eigenvalue weighted by atomic mass is 16.5. The number of benzene rings is 1. The number of nitrogen functional groups attached to an aromatic ring is 1. The molecule has 0 spiro atoms. The number of hydrogen-bond donors (Lipinski definition) is 1. The Bertz CT molecular complexity index is 496. The number of nitrogens with two attached hydrogens (primary N) is 1. The molecular weight excluding hydrogens is 178 g/mol. The highest BCUT2D eigenvalue weighted by Crippen LogP contribution is 2.25. The van der Waals surface area contributed by atoms with E-state index in [1.165, 1.54) is 6.20 Å². The van der Waals surface area contributed by atoms with Crippen LogP contribution < -0.4 is 5.73 Å². The smallest absolute Gasteiger partial charge is 0.229 e. The van der Waals surface area contributed by atoms with E-state index in [-0.39, 0.29) is 5.88 Å². The van der Waals surface area contributed by atoms with E-state index in [2.05, 4.69) is 11.2 Å². The average Bonchev–Trinajstić information content (AvgIpc) is 2.65. The van der Waals surface area contributed by atoms with Crippen molar-refractivity contribution in [1.29, 1.82) is 5.26 Å². The second-order valence-electron chi connectivity index (χ2n) is 2.80. The van der Waals surface area contributed by atoms with E-state index < -0.39 is 0 Å². The van der Waals surface area contributed by atoms with Crippen LogP contribution in [0.5, 0.6) is 0 Å². The van der Waals surface area contributed by atoms with Crippen LogP contribution in [0.25, 0.3) is 11.1 Å². The summed E-state index contributed by atoms with van der Waals surface area (Å²) in [6.07, 6.45) is 1.53. The highest BCUT2D eigenvalue weighted by Gasteiger charge is 2.06. The fourth-order valence-corrected chi connectivity index (χ4v) is 1.22. The monoisotopic (exact) mass is 185 g/mol. The van der Waals surface area contributed by atoms with Crippen molar-refractivity contribution < 1.29 is 4.52 Å². The zero-order valence-electron chi connectivity index (χ0n) is 7.27. The molecular formula is C10H7N3O. The molecule has 0 saturated heterocycles. The van der Waals surface area contributed by atoms with E-state index in [9.17, 15) is 0 Å². The molecule has 4 heteroatoms. The minimum atomic E-state index is 0.264. The van der Waals surface area contributed by atoms with Gasteiger partial charge >= 0.3 is 0 Å². The zero-order valence-corrected chi connectivity index (χ0v) is 7.27. The SMILES string of the molecule is N#Cc1cccc(-c2cnoc2N)c1. The van der Waals surface area contributed by atoms with Crippen molar-refractivity contribution in [2.75, 3.05) is 5.73 Å². The van der Waals surface area contributed by atoms with Gasteiger partial charge in [-0.05, 0) is 17.7 Å². The van der Waals surface area contributed by atoms with Crippen LogP contribution in [0, 0.1) is 11.3 Å². The summed E-state index contributed by atoms with van der Waals surface area (Å²) in [5.41, 5.74) is 7.68. The third-order valence-corrected chi connectivity index (χ3v) is 1.90. The predicted molar refractivity (Wildman–Crippen MR) is 51.1 cm³/mol. The van der Waals surface area contributed by atoms with Crippen molar-refractivity contribution in [2.45, 2.75) is 0 Å². The van der Waals surface area contributed by atoms with Crippen LogP contribution in [0.3, 0.4) is 0 Å². The van der Waals surface area contributed by atoms with Crippen LogP contribution in [0.1, 0.15) is 5.56 Å². The Kier molecular flexibility index (Phi) is 1.92. The van der Waals surface area contributed by atoms with Gasteiger partial charge in [0.15, 0.2) is 0 Å². The minimum Gasteiger partial charge on any atom is -0.367 e. The molecule has 68 valence electrons. The molecule has 0 saturated carbocycles. The molecule has 0 amide bonds. The van der Waals surface area contributed by atoms with Gasteiger partial charge in [-0.2, -0.15) is 5.26 Å². The first kappa shape index (κ1) is 8.32. The largest absolute Gasteiger partial charge is 0.367 e. The molecule has 1 aromatic heterocycles. The van der Waals surface area contributed by atoms with Gasteiger partial charge in [0.05, 0.1) is 23.4 Å². The summed E-state index contributed by atoms with van der Waals surface area (Å²) in [7, 11) is 0. The normalized spacial score (nSPS) is 9.64. The average molecular weight is 185 g/mol. The maximum absolute atomic E-state index is 8.71. The van der Waals surface area contributed by atoms with Gasteiger partial charge in [-0.1, -0.05) is 17.3 Å². The highest BCUT2D eigenvalue weighted by molar-refractivity contribution is 5.72. The fraction of sp³-hybridized carbons (Fsp3) is 0. The second-order valence-corrected chi connectivity index (χ2v) is 2.80. The molecule has 0 bridgehead atoms. The van der Waals surface area contributed by atoms with E-state index in [1.807, 2.05) is 6.07 Å². The first-order valence-corrected chi connectivity index (χ1v) is 4.02. The first-order valence-electron chi connectivity index (χ1n) is 4.02. The lowest BCUT2D eigenvalue weighted by molar-refractivity contribution is 0.436. The number of nitriles is 1. The standard InChI is InChI=1S/C10H7N3O/c11-5-7-2-1-3-8(4-7)9-6-13-14-10(9)12/h1-4,6H,12H2. The molecule has 0 unspecified atom stereocenters. The van der Waals surface area contributed by atoms with E-state index in [0.29, 0.717) is 11.1 Å². The number of rotatable bonds is 1. The van der Waals surface area contributed by atoms with Crippen molar-refractivity contribution in [3.63, 3.8) is 0 Å². The molecule has 0 aliphatic rings. The summed E-state index contributed by atoms with van der Waals surface area (Å²) in [6.45, 7) is 0. The lowest BCUT2D eigenvalue weighted by Gasteiger charge is -1.97. The van der Waals surface area contributed by atoms with E-state index in [4.69, 9.17) is 15.5 Å². The summed E-state index contributed by atoms with van der Waals surface area (Å²) in [5, 5.41) is 12.3. The summed E-state index contributed by atoms with van der Waals surface area (Å²) in [4.78, 5) is 0. The minimum absolute atomic E-state index is 0.264. The fourth-order valence-electron chi connectivity index (χ4n) is 1.22. The van der Waals surface area contributed by atoms with E-state index in [1.54, 1.807) is 18.2 Å². The van der Waals surface area contributed by atoms with Crippen LogP contribution in [-0.4, -0.2) is 5.16 Å². The summed E-state index contributed by atoms with van der Waals surface area (Å²) >= 11 is 0. The maximum atomic E-state index is 8.71.